The number of alkyl halides is 3. The van der Waals surface area contributed by atoms with Gasteiger partial charge in [0, 0.05) is 30.6 Å². The third-order valence-electron chi connectivity index (χ3n) is 5.65. The maximum absolute atomic E-state index is 13.1. The monoisotopic (exact) mass is 553 g/mol. The highest BCUT2D eigenvalue weighted by molar-refractivity contribution is 7.90. The zero-order valence-electron chi connectivity index (χ0n) is 19.5. The molecule has 9 nitrogen and oxygen atoms in total. The second kappa shape index (κ2) is 9.23. The molecular formula is C23H19ClF3N5O4S. The van der Waals surface area contributed by atoms with E-state index in [2.05, 4.69) is 15.6 Å². The van der Waals surface area contributed by atoms with Crippen molar-refractivity contribution in [2.45, 2.75) is 18.0 Å². The first-order valence-corrected chi connectivity index (χ1v) is 12.4. The Balaban J connectivity index is 1.66. The Hall–Kier alpha value is -3.84. The highest BCUT2D eigenvalue weighted by Crippen LogP contribution is 2.36. The minimum atomic E-state index is -4.76. The van der Waals surface area contributed by atoms with Crippen molar-refractivity contribution in [3.05, 3.63) is 64.4 Å². The number of hydrogen-bond donors (Lipinski definition) is 3. The predicted octanol–water partition coefficient (Wildman–Crippen LogP) is 4.58. The van der Waals surface area contributed by atoms with Gasteiger partial charge in [-0.15, -0.1) is 0 Å². The van der Waals surface area contributed by atoms with Crippen molar-refractivity contribution < 1.29 is 31.2 Å². The lowest BCUT2D eigenvalue weighted by atomic mass is 10.1. The molecule has 0 spiro atoms. The van der Waals surface area contributed by atoms with E-state index in [9.17, 15) is 31.2 Å². The van der Waals surface area contributed by atoms with E-state index in [1.165, 1.54) is 25.2 Å². The number of pyridine rings is 1. The maximum atomic E-state index is 13.1. The molecule has 0 bridgehead atoms. The number of nitrogens with zero attached hydrogens (tertiary/aromatic N) is 2. The topological polar surface area (TPSA) is 122 Å². The van der Waals surface area contributed by atoms with Crippen molar-refractivity contribution >= 4 is 61.1 Å². The number of halogens is 4. The fourth-order valence-electron chi connectivity index (χ4n) is 4.00. The molecule has 2 aromatic carbocycles. The van der Waals surface area contributed by atoms with Gasteiger partial charge in [-0.3, -0.25) is 4.79 Å². The van der Waals surface area contributed by atoms with Gasteiger partial charge in [-0.05, 0) is 43.3 Å². The van der Waals surface area contributed by atoms with E-state index in [-0.39, 0.29) is 22.2 Å². The first-order chi connectivity index (χ1) is 17.2. The molecule has 0 atom stereocenters. The molecule has 0 unspecified atom stereocenters. The first-order valence-electron chi connectivity index (χ1n) is 10.6. The number of aryl methyl sites for hydroxylation is 2. The second-order valence-electron chi connectivity index (χ2n) is 8.06. The Labute approximate surface area is 213 Å². The van der Waals surface area contributed by atoms with Crippen molar-refractivity contribution in [3.63, 3.8) is 0 Å². The van der Waals surface area contributed by atoms with Gasteiger partial charge in [-0.25, -0.2) is 22.9 Å². The van der Waals surface area contributed by atoms with Crippen LogP contribution in [0.4, 0.5) is 23.7 Å². The highest BCUT2D eigenvalue weighted by Gasteiger charge is 2.33. The van der Waals surface area contributed by atoms with Gasteiger partial charge in [0.05, 0.1) is 32.2 Å². The molecule has 0 aliphatic carbocycles. The van der Waals surface area contributed by atoms with Crippen LogP contribution in [0.15, 0.2) is 47.4 Å². The number of fused-ring (bicyclic) bond motifs is 3. The molecule has 2 heterocycles. The summed E-state index contributed by atoms with van der Waals surface area (Å²) in [5, 5.41) is 5.34. The summed E-state index contributed by atoms with van der Waals surface area (Å²) in [6.45, 7) is 1.72. The number of benzene rings is 2. The lowest BCUT2D eigenvalue weighted by molar-refractivity contribution is -0.137. The normalized spacial score (nSPS) is 12.1. The van der Waals surface area contributed by atoms with Gasteiger partial charge < -0.3 is 15.2 Å². The lowest BCUT2D eigenvalue weighted by Gasteiger charge is -2.12. The number of aromatic nitrogens is 2. The van der Waals surface area contributed by atoms with E-state index in [1.54, 1.807) is 29.3 Å². The van der Waals surface area contributed by atoms with E-state index in [0.717, 1.165) is 12.1 Å². The van der Waals surface area contributed by atoms with Crippen LogP contribution >= 0.6 is 11.6 Å². The van der Waals surface area contributed by atoms with Gasteiger partial charge in [-0.1, -0.05) is 17.7 Å². The van der Waals surface area contributed by atoms with Crippen LogP contribution in [0.1, 0.15) is 21.7 Å². The molecule has 0 saturated carbocycles. The molecule has 2 aromatic heterocycles. The van der Waals surface area contributed by atoms with Crippen LogP contribution in [0, 0.1) is 6.92 Å². The minimum Gasteiger partial charge on any atom is -0.354 e. The molecule has 194 valence electrons. The summed E-state index contributed by atoms with van der Waals surface area (Å²) >= 11 is 5.56. The van der Waals surface area contributed by atoms with Crippen LogP contribution in [0.2, 0.25) is 5.02 Å². The number of sulfonamides is 1. The average Bonchev–Trinajstić information content (AvgIpc) is 3.10. The second-order valence-corrected chi connectivity index (χ2v) is 10.1. The molecule has 0 aliphatic heterocycles. The number of nitrogens with one attached hydrogen (secondary N) is 3. The number of carbonyl (C=O) groups excluding carboxylic acids is 2. The average molecular weight is 554 g/mol. The summed E-state index contributed by atoms with van der Waals surface area (Å²) < 4.78 is 68.5. The fourth-order valence-corrected chi connectivity index (χ4v) is 5.15. The summed E-state index contributed by atoms with van der Waals surface area (Å²) in [6, 6.07) is 7.13. The molecule has 0 radical (unpaired) electrons. The Morgan fingerprint density at radius 3 is 2.41 bits per heavy atom. The Bertz CT molecular complexity index is 1700. The predicted molar refractivity (Wildman–Crippen MR) is 132 cm³/mol. The summed E-state index contributed by atoms with van der Waals surface area (Å²) in [5.41, 5.74) is 0.448. The van der Waals surface area contributed by atoms with Crippen LogP contribution in [0.5, 0.6) is 0 Å². The quantitative estimate of drug-likeness (QED) is 0.341. The van der Waals surface area contributed by atoms with Crippen molar-refractivity contribution in [2.75, 3.05) is 12.4 Å². The van der Waals surface area contributed by atoms with Crippen LogP contribution < -0.4 is 15.4 Å². The van der Waals surface area contributed by atoms with Crippen molar-refractivity contribution in [1.29, 1.82) is 0 Å². The number of anilines is 1. The van der Waals surface area contributed by atoms with Crippen LogP contribution in [-0.2, 0) is 23.2 Å². The molecular weight excluding hydrogens is 535 g/mol. The molecule has 3 N–H and O–H groups in total. The zero-order valence-corrected chi connectivity index (χ0v) is 21.1. The van der Waals surface area contributed by atoms with E-state index in [0.29, 0.717) is 33.6 Å². The smallest absolute Gasteiger partial charge is 0.354 e. The number of rotatable bonds is 4. The molecule has 37 heavy (non-hydrogen) atoms. The van der Waals surface area contributed by atoms with Gasteiger partial charge in [-0.2, -0.15) is 13.2 Å². The molecule has 4 rings (SSSR count). The maximum Gasteiger partial charge on any atom is 0.417 e. The highest BCUT2D eigenvalue weighted by atomic mass is 35.5. The lowest BCUT2D eigenvalue weighted by Crippen LogP contribution is -2.34. The number of urea groups is 1. The SMILES string of the molecule is CNC(=O)c1cc2c3ccc(S(=O)(=O)NC(=O)Nc4ccc(Cl)c(C(F)(F)F)c4)cc3n(C)c2c(C)n1. The van der Waals surface area contributed by atoms with Crippen LogP contribution in [0.3, 0.4) is 0 Å². The Morgan fingerprint density at radius 1 is 1.05 bits per heavy atom. The van der Waals surface area contributed by atoms with Crippen molar-refractivity contribution in [2.24, 2.45) is 7.05 Å². The summed E-state index contributed by atoms with van der Waals surface area (Å²) in [5.74, 6) is -0.376. The Kier molecular flexibility index (Phi) is 6.54. The van der Waals surface area contributed by atoms with Gasteiger partial charge in [0.15, 0.2) is 0 Å². The van der Waals surface area contributed by atoms with Gasteiger partial charge in [0.25, 0.3) is 15.9 Å². The van der Waals surface area contributed by atoms with Crippen LogP contribution in [-0.4, -0.2) is 37.0 Å². The molecule has 0 saturated heterocycles. The minimum absolute atomic E-state index is 0.200. The van der Waals surface area contributed by atoms with E-state index in [4.69, 9.17) is 11.6 Å². The van der Waals surface area contributed by atoms with Gasteiger partial charge >= 0.3 is 12.2 Å². The van der Waals surface area contributed by atoms with Crippen molar-refractivity contribution in [1.82, 2.24) is 19.6 Å². The molecule has 0 fully saturated rings. The fraction of sp³-hybridized carbons (Fsp3) is 0.174. The standard InChI is InChI=1S/C23H19ClF3N5O4S/c1-11-20-15(10-18(29-11)21(33)28-2)14-6-5-13(9-19(14)32(20)3)37(35,36)31-22(34)30-12-4-7-17(24)16(8-12)23(25,26)27/h4-10H,1-3H3,(H,28,33)(H2,30,31,34). The third kappa shape index (κ3) is 4.91. The van der Waals surface area contributed by atoms with E-state index >= 15 is 0 Å². The summed E-state index contributed by atoms with van der Waals surface area (Å²) in [4.78, 5) is 28.5. The van der Waals surface area contributed by atoms with E-state index < -0.39 is 32.8 Å². The number of amides is 3. The summed E-state index contributed by atoms with van der Waals surface area (Å²) in [6.07, 6.45) is -4.76. The van der Waals surface area contributed by atoms with Crippen molar-refractivity contribution in [3.8, 4) is 0 Å². The Morgan fingerprint density at radius 2 is 1.76 bits per heavy atom. The van der Waals surface area contributed by atoms with E-state index in [1.807, 2.05) is 0 Å². The largest absolute Gasteiger partial charge is 0.417 e. The molecule has 4 aromatic rings. The van der Waals surface area contributed by atoms with Gasteiger partial charge in [0.1, 0.15) is 5.69 Å². The third-order valence-corrected chi connectivity index (χ3v) is 7.31. The molecule has 0 aliphatic rings. The number of carbonyl (C=O) groups is 2. The zero-order chi connectivity index (χ0) is 27.3. The van der Waals surface area contributed by atoms with Gasteiger partial charge in [0.2, 0.25) is 0 Å². The summed E-state index contributed by atoms with van der Waals surface area (Å²) in [7, 11) is -1.23. The molecule has 14 heteroatoms. The van der Waals surface area contributed by atoms with Crippen LogP contribution in [0.25, 0.3) is 21.8 Å². The number of hydrogen-bond acceptors (Lipinski definition) is 5. The first kappa shape index (κ1) is 26.2. The molecule has 3 amide bonds.